The highest BCUT2D eigenvalue weighted by molar-refractivity contribution is 6.16. The number of hydrogen-bond donors (Lipinski definition) is 0. The minimum absolute atomic E-state index is 0.910. The maximum absolute atomic E-state index is 6.49. The molecule has 0 spiro atoms. The molecule has 3 aromatic heterocycles. The fraction of sp³-hybridized carbons (Fsp3) is 0. The van der Waals surface area contributed by atoms with Crippen LogP contribution in [0.5, 0.6) is 0 Å². The zero-order valence-corrected chi connectivity index (χ0v) is 30.9. The fourth-order valence-electron chi connectivity index (χ4n) is 9.30. The first-order valence-corrected chi connectivity index (χ1v) is 19.5. The van der Waals surface area contributed by atoms with Gasteiger partial charge in [0, 0.05) is 54.7 Å². The summed E-state index contributed by atoms with van der Waals surface area (Å²) in [7, 11) is 0. The average molecular weight is 727 g/mol. The van der Waals surface area contributed by atoms with Crippen LogP contribution >= 0.6 is 0 Å². The van der Waals surface area contributed by atoms with E-state index in [4.69, 9.17) is 4.42 Å². The van der Waals surface area contributed by atoms with Gasteiger partial charge in [0.05, 0.1) is 27.8 Å². The summed E-state index contributed by atoms with van der Waals surface area (Å²) >= 11 is 0. The maximum Gasteiger partial charge on any atom is 0.143 e. The predicted octanol–water partition coefficient (Wildman–Crippen LogP) is 14.8. The highest BCUT2D eigenvalue weighted by Crippen LogP contribution is 2.45. The van der Waals surface area contributed by atoms with Crippen LogP contribution in [0, 0.1) is 0 Å². The van der Waals surface area contributed by atoms with Gasteiger partial charge in [-0.2, -0.15) is 0 Å². The van der Waals surface area contributed by atoms with Gasteiger partial charge in [-0.3, -0.25) is 0 Å². The zero-order chi connectivity index (χ0) is 37.5. The molecule has 57 heavy (non-hydrogen) atoms. The van der Waals surface area contributed by atoms with E-state index in [-0.39, 0.29) is 0 Å². The van der Waals surface area contributed by atoms with Gasteiger partial charge in [-0.05, 0) is 65.2 Å². The van der Waals surface area contributed by atoms with Gasteiger partial charge in [0.2, 0.25) is 0 Å². The van der Waals surface area contributed by atoms with Gasteiger partial charge in [-0.25, -0.2) is 0 Å². The Morgan fingerprint density at radius 1 is 0.316 bits per heavy atom. The van der Waals surface area contributed by atoms with Crippen molar-refractivity contribution in [2.24, 2.45) is 0 Å². The van der Waals surface area contributed by atoms with Gasteiger partial charge in [-0.1, -0.05) is 158 Å². The summed E-state index contributed by atoms with van der Waals surface area (Å²) in [4.78, 5) is 0. The smallest absolute Gasteiger partial charge is 0.143 e. The lowest BCUT2D eigenvalue weighted by Gasteiger charge is -2.18. The second-order valence-corrected chi connectivity index (χ2v) is 14.8. The number of hydrogen-bond acceptors (Lipinski definition) is 1. The second kappa shape index (κ2) is 12.5. The molecule has 0 N–H and O–H groups in total. The molecule has 0 atom stereocenters. The first kappa shape index (κ1) is 31.7. The van der Waals surface area contributed by atoms with Gasteiger partial charge in [-0.15, -0.1) is 0 Å². The Kier molecular flexibility index (Phi) is 6.93. The van der Waals surface area contributed by atoms with Crippen molar-refractivity contribution in [2.75, 3.05) is 0 Å². The Morgan fingerprint density at radius 3 is 1.67 bits per heavy atom. The van der Waals surface area contributed by atoms with Crippen LogP contribution in [0.25, 0.3) is 110 Å². The lowest BCUT2D eigenvalue weighted by atomic mass is 9.92. The third-order valence-corrected chi connectivity index (χ3v) is 11.7. The SMILES string of the molecule is c1ccc(-n2c3ccccc3c3cccc(-c4ccccc4-c4ccccc4-n4c5ccccc5c5cc(-c6cccc7c6oc6ccccc67)ccc54)c32)cc1. The van der Waals surface area contributed by atoms with Gasteiger partial charge < -0.3 is 13.6 Å². The normalized spacial score (nSPS) is 11.9. The molecule has 0 saturated heterocycles. The van der Waals surface area contributed by atoms with Crippen LogP contribution in [0.1, 0.15) is 0 Å². The molecule has 0 unspecified atom stereocenters. The van der Waals surface area contributed by atoms with Crippen molar-refractivity contribution >= 4 is 65.6 Å². The predicted molar refractivity (Wildman–Crippen MR) is 239 cm³/mol. The van der Waals surface area contributed by atoms with E-state index in [9.17, 15) is 0 Å². The van der Waals surface area contributed by atoms with E-state index in [0.29, 0.717) is 0 Å². The van der Waals surface area contributed by atoms with Crippen molar-refractivity contribution in [3.63, 3.8) is 0 Å². The average Bonchev–Trinajstić information content (AvgIpc) is 3.94. The van der Waals surface area contributed by atoms with Gasteiger partial charge in [0.25, 0.3) is 0 Å². The molecule has 0 fully saturated rings. The summed E-state index contributed by atoms with van der Waals surface area (Å²) in [6.45, 7) is 0. The molecule has 3 heteroatoms. The molecule has 9 aromatic carbocycles. The lowest BCUT2D eigenvalue weighted by Crippen LogP contribution is -1.99. The Morgan fingerprint density at radius 2 is 0.860 bits per heavy atom. The summed E-state index contributed by atoms with van der Waals surface area (Å²) in [5.74, 6) is 0. The number of para-hydroxylation sites is 7. The van der Waals surface area contributed by atoms with Crippen molar-refractivity contribution in [3.05, 3.63) is 206 Å². The van der Waals surface area contributed by atoms with E-state index in [1.54, 1.807) is 0 Å². The van der Waals surface area contributed by atoms with E-state index in [2.05, 4.69) is 209 Å². The molecule has 0 aliphatic heterocycles. The van der Waals surface area contributed by atoms with Crippen molar-refractivity contribution < 1.29 is 4.42 Å². The van der Waals surface area contributed by atoms with Crippen molar-refractivity contribution in [3.8, 4) is 44.8 Å². The summed E-state index contributed by atoms with van der Waals surface area (Å²) in [6.07, 6.45) is 0. The number of aromatic nitrogens is 2. The lowest BCUT2D eigenvalue weighted by molar-refractivity contribution is 0.670. The molecule has 0 amide bonds. The molecule has 12 rings (SSSR count). The Hall–Kier alpha value is -7.62. The first-order chi connectivity index (χ1) is 28.3. The Bertz CT molecular complexity index is 3530. The van der Waals surface area contributed by atoms with Gasteiger partial charge in [0.15, 0.2) is 0 Å². The number of nitrogens with zero attached hydrogens (tertiary/aromatic N) is 2. The largest absolute Gasteiger partial charge is 0.455 e. The van der Waals surface area contributed by atoms with Crippen molar-refractivity contribution in [1.82, 2.24) is 9.13 Å². The van der Waals surface area contributed by atoms with E-state index in [1.807, 2.05) is 6.07 Å². The zero-order valence-electron chi connectivity index (χ0n) is 30.9. The second-order valence-electron chi connectivity index (χ2n) is 14.8. The standard InChI is InChI=1S/C54H34N2O/c1-2-16-36(17-3-1)55-48-28-10-7-21-41(48)45-26-15-25-44(53(45)55)39-19-5-4-18-38(39)40-20-6-11-29-49(40)56-50-30-12-8-22-42(50)47-34-35(32-33-51(47)56)37-24-14-27-46-43-23-9-13-31-52(43)57-54(37)46/h1-34H. The summed E-state index contributed by atoms with van der Waals surface area (Å²) in [5.41, 5.74) is 15.8. The van der Waals surface area contributed by atoms with Crippen molar-refractivity contribution in [2.45, 2.75) is 0 Å². The number of fused-ring (bicyclic) bond motifs is 9. The topological polar surface area (TPSA) is 23.0 Å². The molecule has 3 nitrogen and oxygen atoms in total. The van der Waals surface area contributed by atoms with Crippen LogP contribution in [0.15, 0.2) is 211 Å². The van der Waals surface area contributed by atoms with Crippen molar-refractivity contribution in [1.29, 1.82) is 0 Å². The molecule has 0 radical (unpaired) electrons. The van der Waals surface area contributed by atoms with Crippen LogP contribution in [-0.2, 0) is 0 Å². The molecule has 266 valence electrons. The van der Waals surface area contributed by atoms with E-state index in [1.165, 1.54) is 60.3 Å². The maximum atomic E-state index is 6.49. The molecule has 3 heterocycles. The van der Waals surface area contributed by atoms with Crippen LogP contribution in [0.3, 0.4) is 0 Å². The summed E-state index contributed by atoms with van der Waals surface area (Å²) < 4.78 is 11.4. The molecule has 0 bridgehead atoms. The minimum atomic E-state index is 0.910. The van der Waals surface area contributed by atoms with Crippen LogP contribution < -0.4 is 0 Å². The Balaban J connectivity index is 1.08. The van der Waals surface area contributed by atoms with E-state index in [0.717, 1.165) is 50.0 Å². The van der Waals surface area contributed by atoms with Gasteiger partial charge in [0.1, 0.15) is 11.2 Å². The van der Waals surface area contributed by atoms with Crippen LogP contribution in [0.2, 0.25) is 0 Å². The molecular formula is C54H34N2O. The third kappa shape index (κ3) is 4.73. The van der Waals surface area contributed by atoms with Crippen LogP contribution in [0.4, 0.5) is 0 Å². The Labute approximate surface area is 328 Å². The van der Waals surface area contributed by atoms with Crippen LogP contribution in [-0.4, -0.2) is 9.13 Å². The van der Waals surface area contributed by atoms with E-state index >= 15 is 0 Å². The first-order valence-electron chi connectivity index (χ1n) is 19.5. The highest BCUT2D eigenvalue weighted by Gasteiger charge is 2.22. The summed E-state index contributed by atoms with van der Waals surface area (Å²) in [5, 5.41) is 7.19. The molecule has 0 aliphatic rings. The van der Waals surface area contributed by atoms with E-state index < -0.39 is 0 Å². The fourth-order valence-corrected chi connectivity index (χ4v) is 9.30. The molecule has 12 aromatic rings. The minimum Gasteiger partial charge on any atom is -0.455 e. The number of furan rings is 1. The summed E-state index contributed by atoms with van der Waals surface area (Å²) in [6, 6.07) is 74.4. The quantitative estimate of drug-likeness (QED) is 0.173. The third-order valence-electron chi connectivity index (χ3n) is 11.7. The molecular weight excluding hydrogens is 693 g/mol. The van der Waals surface area contributed by atoms with Gasteiger partial charge >= 0.3 is 0 Å². The highest BCUT2D eigenvalue weighted by atomic mass is 16.3. The number of rotatable bonds is 5. The molecule has 0 aliphatic carbocycles. The molecule has 0 saturated carbocycles. The monoisotopic (exact) mass is 726 g/mol. The number of benzene rings is 9.